The summed E-state index contributed by atoms with van der Waals surface area (Å²) in [6.07, 6.45) is -4.10. The zero-order valence-electron chi connectivity index (χ0n) is 12.5. The number of aromatic nitrogens is 1. The van der Waals surface area contributed by atoms with E-state index in [2.05, 4.69) is 10.3 Å². The highest BCUT2D eigenvalue weighted by Crippen LogP contribution is 2.32. The van der Waals surface area contributed by atoms with Crippen molar-refractivity contribution >= 4 is 52.5 Å². The Balaban J connectivity index is 1.98. The smallest absolute Gasteiger partial charge is 0.417 e. The molecule has 0 spiro atoms. The molecule has 0 saturated heterocycles. The molecule has 5 nitrogen and oxygen atoms in total. The molecule has 11 heteroatoms. The summed E-state index contributed by atoms with van der Waals surface area (Å²) in [5.74, 6) is -2.03. The molecule has 0 aliphatic heterocycles. The molecule has 1 heterocycles. The third-order valence-corrected chi connectivity index (χ3v) is 3.75. The fraction of sp³-hybridized carbons (Fsp3) is 0.133. The molecule has 0 aliphatic carbocycles. The second-order valence-electron chi connectivity index (χ2n) is 4.80. The number of benzene rings is 1. The van der Waals surface area contributed by atoms with Gasteiger partial charge in [-0.15, -0.1) is 0 Å². The van der Waals surface area contributed by atoms with Crippen molar-refractivity contribution < 1.29 is 27.5 Å². The number of nitrogens with zero attached hydrogens (tertiary/aromatic N) is 1. The van der Waals surface area contributed by atoms with E-state index in [1.54, 1.807) is 0 Å². The number of amides is 1. The first kappa shape index (κ1) is 20.3. The van der Waals surface area contributed by atoms with E-state index in [1.165, 1.54) is 18.2 Å². The van der Waals surface area contributed by atoms with Gasteiger partial charge in [0.05, 0.1) is 21.2 Å². The van der Waals surface area contributed by atoms with Crippen LogP contribution in [0.2, 0.25) is 15.1 Å². The topological polar surface area (TPSA) is 68.3 Å². The van der Waals surface area contributed by atoms with Crippen LogP contribution in [0.3, 0.4) is 0 Å². The van der Waals surface area contributed by atoms with Crippen molar-refractivity contribution in [2.24, 2.45) is 0 Å². The summed E-state index contributed by atoms with van der Waals surface area (Å²) in [6.45, 7) is -0.725. The Morgan fingerprint density at radius 3 is 2.38 bits per heavy atom. The van der Waals surface area contributed by atoms with Gasteiger partial charge < -0.3 is 10.1 Å². The monoisotopic (exact) mass is 426 g/mol. The number of esters is 1. The van der Waals surface area contributed by atoms with Gasteiger partial charge in [0.1, 0.15) is 0 Å². The Bertz CT molecular complexity index is 860. The van der Waals surface area contributed by atoms with E-state index in [-0.39, 0.29) is 16.4 Å². The minimum Gasteiger partial charge on any atom is -0.452 e. The summed E-state index contributed by atoms with van der Waals surface area (Å²) < 4.78 is 42.4. The molecule has 0 unspecified atom stereocenters. The summed E-state index contributed by atoms with van der Waals surface area (Å²) in [7, 11) is 0. The van der Waals surface area contributed by atoms with E-state index in [1.807, 2.05) is 0 Å². The summed E-state index contributed by atoms with van der Waals surface area (Å²) in [5, 5.41) is 2.07. The number of nitrogens with one attached hydrogen (secondary N) is 1. The third kappa shape index (κ3) is 5.23. The van der Waals surface area contributed by atoms with E-state index in [0.717, 1.165) is 0 Å². The predicted octanol–water partition coefficient (Wildman–Crippen LogP) is 4.86. The first-order chi connectivity index (χ1) is 12.1. The number of alkyl halides is 3. The number of carbonyl (C=O) groups excluding carboxylic acids is 2. The van der Waals surface area contributed by atoms with Crippen LogP contribution in [0.1, 0.15) is 15.9 Å². The van der Waals surface area contributed by atoms with Crippen molar-refractivity contribution in [3.63, 3.8) is 0 Å². The minimum atomic E-state index is -4.62. The molecule has 138 valence electrons. The van der Waals surface area contributed by atoms with Crippen molar-refractivity contribution in [3.8, 4) is 0 Å². The summed E-state index contributed by atoms with van der Waals surface area (Å²) >= 11 is 17.2. The van der Waals surface area contributed by atoms with Crippen LogP contribution in [0.25, 0.3) is 0 Å². The van der Waals surface area contributed by atoms with E-state index < -0.39 is 35.2 Å². The standard InChI is InChI=1S/C15H8Cl3F3N2O3/c16-8-1-2-9(10(17)4-8)14(25)26-6-12(24)23-13-11(18)3-7(5-22-13)15(19,20)21/h1-5H,6H2,(H,22,23,24). The summed E-state index contributed by atoms with van der Waals surface area (Å²) in [4.78, 5) is 27.1. The van der Waals surface area contributed by atoms with Crippen molar-refractivity contribution in [2.75, 3.05) is 11.9 Å². The van der Waals surface area contributed by atoms with Gasteiger partial charge in [0, 0.05) is 11.2 Å². The molecule has 2 rings (SSSR count). The molecule has 1 aromatic carbocycles. The lowest BCUT2D eigenvalue weighted by molar-refractivity contribution is -0.137. The van der Waals surface area contributed by atoms with E-state index in [4.69, 9.17) is 39.5 Å². The van der Waals surface area contributed by atoms with E-state index >= 15 is 0 Å². The molecule has 26 heavy (non-hydrogen) atoms. The minimum absolute atomic E-state index is 0.00504. The Morgan fingerprint density at radius 1 is 1.12 bits per heavy atom. The molecule has 0 aliphatic rings. The van der Waals surface area contributed by atoms with Gasteiger partial charge in [-0.25, -0.2) is 9.78 Å². The molecule has 1 aromatic heterocycles. The lowest BCUT2D eigenvalue weighted by atomic mass is 10.2. The zero-order chi connectivity index (χ0) is 19.5. The van der Waals surface area contributed by atoms with Crippen LogP contribution in [0.5, 0.6) is 0 Å². The summed E-state index contributed by atoms with van der Waals surface area (Å²) in [6, 6.07) is 4.67. The maximum Gasteiger partial charge on any atom is 0.417 e. The average molecular weight is 428 g/mol. The van der Waals surface area contributed by atoms with Crippen molar-refractivity contribution in [1.29, 1.82) is 0 Å². The fourth-order valence-corrected chi connectivity index (χ4v) is 2.42. The molecule has 0 atom stereocenters. The lowest BCUT2D eigenvalue weighted by Crippen LogP contribution is -2.22. The largest absolute Gasteiger partial charge is 0.452 e. The number of anilines is 1. The van der Waals surface area contributed by atoms with E-state index in [9.17, 15) is 22.8 Å². The number of ether oxygens (including phenoxy) is 1. The molecule has 0 bridgehead atoms. The quantitative estimate of drug-likeness (QED) is 0.708. The van der Waals surface area contributed by atoms with Gasteiger partial charge in [0.2, 0.25) is 0 Å². The van der Waals surface area contributed by atoms with E-state index in [0.29, 0.717) is 17.3 Å². The maximum atomic E-state index is 12.5. The second-order valence-corrected chi connectivity index (χ2v) is 6.05. The van der Waals surface area contributed by atoms with Crippen LogP contribution in [-0.2, 0) is 15.7 Å². The van der Waals surface area contributed by atoms with Crippen molar-refractivity contribution in [3.05, 3.63) is 56.7 Å². The number of hydrogen-bond acceptors (Lipinski definition) is 4. The average Bonchev–Trinajstić information content (AvgIpc) is 2.53. The third-order valence-electron chi connectivity index (χ3n) is 2.91. The molecule has 1 N–H and O–H groups in total. The molecule has 0 radical (unpaired) electrons. The molecule has 2 aromatic rings. The Morgan fingerprint density at radius 2 is 1.81 bits per heavy atom. The Kier molecular flexibility index (Phi) is 6.33. The van der Waals surface area contributed by atoms with Crippen molar-refractivity contribution in [2.45, 2.75) is 6.18 Å². The van der Waals surface area contributed by atoms with Gasteiger partial charge in [-0.05, 0) is 24.3 Å². The van der Waals surface area contributed by atoms with Gasteiger partial charge in [0.15, 0.2) is 12.4 Å². The van der Waals surface area contributed by atoms with Crippen LogP contribution < -0.4 is 5.32 Å². The van der Waals surface area contributed by atoms with Crippen LogP contribution in [0.15, 0.2) is 30.5 Å². The maximum absolute atomic E-state index is 12.5. The lowest BCUT2D eigenvalue weighted by Gasteiger charge is -2.10. The van der Waals surface area contributed by atoms with Gasteiger partial charge >= 0.3 is 12.1 Å². The second kappa shape index (κ2) is 8.11. The number of pyridine rings is 1. The van der Waals surface area contributed by atoms with Crippen LogP contribution in [-0.4, -0.2) is 23.5 Å². The number of hydrogen-bond donors (Lipinski definition) is 1. The molecular weight excluding hydrogens is 420 g/mol. The first-order valence-electron chi connectivity index (χ1n) is 6.72. The van der Waals surface area contributed by atoms with Crippen LogP contribution >= 0.6 is 34.8 Å². The molecule has 0 saturated carbocycles. The highest BCUT2D eigenvalue weighted by molar-refractivity contribution is 6.36. The molecular formula is C15H8Cl3F3N2O3. The predicted molar refractivity (Wildman–Crippen MR) is 89.6 cm³/mol. The summed E-state index contributed by atoms with van der Waals surface area (Å²) in [5.41, 5.74) is -1.07. The van der Waals surface area contributed by atoms with Crippen LogP contribution in [0.4, 0.5) is 19.0 Å². The van der Waals surface area contributed by atoms with Crippen molar-refractivity contribution in [1.82, 2.24) is 4.98 Å². The fourth-order valence-electron chi connectivity index (χ4n) is 1.72. The SMILES string of the molecule is O=C(COC(=O)c1ccc(Cl)cc1Cl)Nc1ncc(C(F)(F)F)cc1Cl. The van der Waals surface area contributed by atoms with Gasteiger partial charge in [-0.3, -0.25) is 4.79 Å². The number of carbonyl (C=O) groups is 2. The number of rotatable bonds is 4. The van der Waals surface area contributed by atoms with Gasteiger partial charge in [-0.1, -0.05) is 34.8 Å². The molecule has 1 amide bonds. The Hall–Kier alpha value is -2.03. The van der Waals surface area contributed by atoms with Gasteiger partial charge in [-0.2, -0.15) is 13.2 Å². The Labute approximate surface area is 160 Å². The zero-order valence-corrected chi connectivity index (χ0v) is 14.8. The first-order valence-corrected chi connectivity index (χ1v) is 7.86. The normalized spacial score (nSPS) is 11.2. The number of halogens is 6. The van der Waals surface area contributed by atoms with Crippen LogP contribution in [0, 0.1) is 0 Å². The molecule has 0 fully saturated rings. The highest BCUT2D eigenvalue weighted by atomic mass is 35.5. The highest BCUT2D eigenvalue weighted by Gasteiger charge is 2.31. The van der Waals surface area contributed by atoms with Gasteiger partial charge in [0.25, 0.3) is 5.91 Å².